The Morgan fingerprint density at radius 1 is 1.58 bits per heavy atom. The lowest BCUT2D eigenvalue weighted by atomic mass is 10.0. The molecular formula is C9H20N2O. The average molecular weight is 172 g/mol. The van der Waals surface area contributed by atoms with Crippen molar-refractivity contribution in [2.75, 3.05) is 13.1 Å². The van der Waals surface area contributed by atoms with Crippen LogP contribution in [0.5, 0.6) is 0 Å². The molecule has 0 saturated heterocycles. The molecular weight excluding hydrogens is 152 g/mol. The predicted octanol–water partition coefficient (Wildman–Crippen LogP) is 0.888. The molecule has 1 amide bonds. The van der Waals surface area contributed by atoms with Crippen LogP contribution in [0.3, 0.4) is 0 Å². The summed E-state index contributed by atoms with van der Waals surface area (Å²) in [4.78, 5) is 11.1. The molecule has 0 aliphatic heterocycles. The molecule has 0 fully saturated rings. The van der Waals surface area contributed by atoms with E-state index in [2.05, 4.69) is 19.2 Å². The maximum atomic E-state index is 11.1. The van der Waals surface area contributed by atoms with Crippen LogP contribution in [-0.4, -0.2) is 19.0 Å². The van der Waals surface area contributed by atoms with Gasteiger partial charge < -0.3 is 11.1 Å². The molecule has 0 radical (unpaired) electrons. The quantitative estimate of drug-likeness (QED) is 0.625. The van der Waals surface area contributed by atoms with E-state index in [1.54, 1.807) is 0 Å². The molecule has 12 heavy (non-hydrogen) atoms. The lowest BCUT2D eigenvalue weighted by Crippen LogP contribution is -2.29. The van der Waals surface area contributed by atoms with Crippen LogP contribution in [0, 0.1) is 5.92 Å². The molecule has 1 atom stereocenters. The first-order valence-corrected chi connectivity index (χ1v) is 4.67. The van der Waals surface area contributed by atoms with Gasteiger partial charge in [-0.2, -0.15) is 0 Å². The van der Waals surface area contributed by atoms with E-state index in [9.17, 15) is 4.79 Å². The monoisotopic (exact) mass is 172 g/mol. The van der Waals surface area contributed by atoms with Gasteiger partial charge in [0.05, 0.1) is 0 Å². The van der Waals surface area contributed by atoms with E-state index in [1.807, 2.05) is 0 Å². The maximum absolute atomic E-state index is 11.1. The smallest absolute Gasteiger partial charge is 0.220 e. The first kappa shape index (κ1) is 11.4. The summed E-state index contributed by atoms with van der Waals surface area (Å²) in [5, 5.41) is 2.76. The van der Waals surface area contributed by atoms with Gasteiger partial charge in [0.1, 0.15) is 0 Å². The second-order valence-electron chi connectivity index (χ2n) is 3.24. The summed E-state index contributed by atoms with van der Waals surface area (Å²) in [5.41, 5.74) is 5.25. The Kier molecular flexibility index (Phi) is 6.76. The molecule has 0 bridgehead atoms. The number of hydrogen-bond donors (Lipinski definition) is 2. The van der Waals surface area contributed by atoms with E-state index in [0.29, 0.717) is 25.4 Å². The third kappa shape index (κ3) is 6.16. The van der Waals surface area contributed by atoms with Crippen molar-refractivity contribution >= 4 is 5.91 Å². The van der Waals surface area contributed by atoms with Gasteiger partial charge in [0.2, 0.25) is 5.91 Å². The number of amides is 1. The molecule has 0 aromatic rings. The molecule has 1 unspecified atom stereocenters. The second-order valence-corrected chi connectivity index (χ2v) is 3.24. The molecule has 3 nitrogen and oxygen atoms in total. The van der Waals surface area contributed by atoms with E-state index in [1.165, 1.54) is 0 Å². The van der Waals surface area contributed by atoms with Crippen molar-refractivity contribution < 1.29 is 4.79 Å². The highest BCUT2D eigenvalue weighted by atomic mass is 16.1. The summed E-state index contributed by atoms with van der Waals surface area (Å²) in [6.45, 7) is 5.35. The zero-order chi connectivity index (χ0) is 9.40. The summed E-state index contributed by atoms with van der Waals surface area (Å²) >= 11 is 0. The van der Waals surface area contributed by atoms with Gasteiger partial charge in [-0.05, 0) is 5.92 Å². The number of hydrogen-bond acceptors (Lipinski definition) is 2. The third-order valence-electron chi connectivity index (χ3n) is 1.78. The molecule has 0 aliphatic carbocycles. The summed E-state index contributed by atoms with van der Waals surface area (Å²) in [6, 6.07) is 0. The van der Waals surface area contributed by atoms with Crippen molar-refractivity contribution in [3.05, 3.63) is 0 Å². The van der Waals surface area contributed by atoms with Crippen LogP contribution in [0.4, 0.5) is 0 Å². The Balaban J connectivity index is 3.40. The lowest BCUT2D eigenvalue weighted by Gasteiger charge is -2.09. The summed E-state index contributed by atoms with van der Waals surface area (Å²) < 4.78 is 0. The number of carbonyl (C=O) groups is 1. The number of nitrogens with two attached hydrogens (primary N) is 1. The van der Waals surface area contributed by atoms with Gasteiger partial charge in [-0.25, -0.2) is 0 Å². The van der Waals surface area contributed by atoms with E-state index < -0.39 is 0 Å². The van der Waals surface area contributed by atoms with Crippen LogP contribution in [0.15, 0.2) is 0 Å². The topological polar surface area (TPSA) is 55.1 Å². The van der Waals surface area contributed by atoms with Crippen LogP contribution in [0.25, 0.3) is 0 Å². The fourth-order valence-corrected chi connectivity index (χ4v) is 1.20. The van der Waals surface area contributed by atoms with Gasteiger partial charge in [0, 0.05) is 19.5 Å². The van der Waals surface area contributed by atoms with Gasteiger partial charge >= 0.3 is 0 Å². The van der Waals surface area contributed by atoms with E-state index >= 15 is 0 Å². The average Bonchev–Trinajstić information content (AvgIpc) is 2.01. The summed E-state index contributed by atoms with van der Waals surface area (Å²) in [6.07, 6.45) is 2.90. The van der Waals surface area contributed by atoms with Gasteiger partial charge in [-0.1, -0.05) is 26.7 Å². The highest BCUT2D eigenvalue weighted by Gasteiger charge is 2.06. The molecule has 3 heteroatoms. The molecule has 3 N–H and O–H groups in total. The van der Waals surface area contributed by atoms with Crippen LogP contribution in [0.1, 0.15) is 33.1 Å². The van der Waals surface area contributed by atoms with Crippen molar-refractivity contribution in [1.29, 1.82) is 0 Å². The van der Waals surface area contributed by atoms with E-state index in [0.717, 1.165) is 12.8 Å². The molecule has 72 valence electrons. The largest absolute Gasteiger partial charge is 0.355 e. The first-order chi connectivity index (χ1) is 5.70. The molecule has 0 spiro atoms. The van der Waals surface area contributed by atoms with Crippen LogP contribution >= 0.6 is 0 Å². The van der Waals surface area contributed by atoms with Crippen LogP contribution in [-0.2, 0) is 4.79 Å². The zero-order valence-electron chi connectivity index (χ0n) is 8.10. The minimum absolute atomic E-state index is 0.126. The van der Waals surface area contributed by atoms with Crippen LogP contribution in [0.2, 0.25) is 0 Å². The highest BCUT2D eigenvalue weighted by molar-refractivity contribution is 5.76. The Morgan fingerprint density at radius 2 is 2.25 bits per heavy atom. The molecule has 0 heterocycles. The summed E-state index contributed by atoms with van der Waals surface area (Å²) in [7, 11) is 0. The van der Waals surface area contributed by atoms with E-state index in [-0.39, 0.29) is 5.91 Å². The number of nitrogens with one attached hydrogen (secondary N) is 1. The molecule has 0 saturated carbocycles. The molecule has 0 rings (SSSR count). The van der Waals surface area contributed by atoms with Crippen molar-refractivity contribution in [3.8, 4) is 0 Å². The number of rotatable bonds is 6. The zero-order valence-corrected chi connectivity index (χ0v) is 8.10. The molecule has 0 aliphatic rings. The van der Waals surface area contributed by atoms with Crippen LogP contribution < -0.4 is 11.1 Å². The second kappa shape index (κ2) is 7.10. The maximum Gasteiger partial charge on any atom is 0.220 e. The first-order valence-electron chi connectivity index (χ1n) is 4.67. The fraction of sp³-hybridized carbons (Fsp3) is 0.889. The Labute approximate surface area is 74.7 Å². The minimum Gasteiger partial charge on any atom is -0.355 e. The minimum atomic E-state index is 0.126. The van der Waals surface area contributed by atoms with Crippen molar-refractivity contribution in [2.45, 2.75) is 33.1 Å². The predicted molar refractivity (Wildman–Crippen MR) is 50.8 cm³/mol. The van der Waals surface area contributed by atoms with Crippen molar-refractivity contribution in [2.24, 2.45) is 11.7 Å². The lowest BCUT2D eigenvalue weighted by molar-refractivity contribution is -0.121. The van der Waals surface area contributed by atoms with Gasteiger partial charge in [-0.15, -0.1) is 0 Å². The van der Waals surface area contributed by atoms with Crippen molar-refractivity contribution in [1.82, 2.24) is 5.32 Å². The van der Waals surface area contributed by atoms with Gasteiger partial charge in [0.25, 0.3) is 0 Å². The third-order valence-corrected chi connectivity index (χ3v) is 1.78. The van der Waals surface area contributed by atoms with Gasteiger partial charge in [0.15, 0.2) is 0 Å². The van der Waals surface area contributed by atoms with Gasteiger partial charge in [-0.3, -0.25) is 4.79 Å². The normalized spacial score (nSPS) is 12.6. The van der Waals surface area contributed by atoms with Crippen molar-refractivity contribution in [3.63, 3.8) is 0 Å². The molecule has 0 aromatic heterocycles. The Hall–Kier alpha value is -0.570. The Morgan fingerprint density at radius 3 is 2.75 bits per heavy atom. The van der Waals surface area contributed by atoms with E-state index in [4.69, 9.17) is 5.73 Å². The Bertz CT molecular complexity index is 126. The molecule has 0 aromatic carbocycles. The SMILES string of the molecule is CCCC(C)CC(=O)NCCN. The number of carbonyl (C=O) groups excluding carboxylic acids is 1. The fourth-order valence-electron chi connectivity index (χ4n) is 1.20. The standard InChI is InChI=1S/C9H20N2O/c1-3-4-8(2)7-9(12)11-6-5-10/h8H,3-7,10H2,1-2H3,(H,11,12). The summed E-state index contributed by atoms with van der Waals surface area (Å²) in [5.74, 6) is 0.620. The highest BCUT2D eigenvalue weighted by Crippen LogP contribution is 2.08.